The summed E-state index contributed by atoms with van der Waals surface area (Å²) in [5.74, 6) is 3.96. The van der Waals surface area contributed by atoms with Crippen molar-refractivity contribution in [2.45, 2.75) is 18.8 Å². The van der Waals surface area contributed by atoms with Crippen molar-refractivity contribution in [2.75, 3.05) is 17.2 Å². The molecular formula is C9H12BrNOS. The summed E-state index contributed by atoms with van der Waals surface area (Å²) in [7, 11) is 0. The molecule has 0 amide bonds. The minimum absolute atomic E-state index is 0.535. The van der Waals surface area contributed by atoms with E-state index in [1.54, 1.807) is 0 Å². The van der Waals surface area contributed by atoms with E-state index in [0.29, 0.717) is 5.92 Å². The molecule has 0 radical (unpaired) electrons. The summed E-state index contributed by atoms with van der Waals surface area (Å²) < 4.78 is 6.28. The summed E-state index contributed by atoms with van der Waals surface area (Å²) in [6, 6.07) is 1.84. The van der Waals surface area contributed by atoms with E-state index in [2.05, 4.69) is 15.9 Å². The lowest BCUT2D eigenvalue weighted by Gasteiger charge is -2.19. The molecule has 2 N–H and O–H groups in total. The fourth-order valence-electron chi connectivity index (χ4n) is 1.67. The van der Waals surface area contributed by atoms with E-state index >= 15 is 0 Å². The zero-order valence-electron chi connectivity index (χ0n) is 7.25. The van der Waals surface area contributed by atoms with Crippen LogP contribution in [0.3, 0.4) is 0 Å². The van der Waals surface area contributed by atoms with E-state index < -0.39 is 0 Å². The van der Waals surface area contributed by atoms with Gasteiger partial charge in [0.1, 0.15) is 5.76 Å². The number of halogens is 1. The third-order valence-electron chi connectivity index (χ3n) is 2.35. The molecule has 0 unspecified atom stereocenters. The normalized spacial score (nSPS) is 19.2. The summed E-state index contributed by atoms with van der Waals surface area (Å²) in [4.78, 5) is 0. The Kier molecular flexibility index (Phi) is 2.89. The number of nitrogen functional groups attached to an aromatic ring is 1. The Morgan fingerprint density at radius 2 is 2.15 bits per heavy atom. The summed E-state index contributed by atoms with van der Waals surface area (Å²) in [6.45, 7) is 0. The Bertz CT molecular complexity index is 294. The first kappa shape index (κ1) is 9.46. The average Bonchev–Trinajstić information content (AvgIpc) is 2.47. The maximum Gasteiger partial charge on any atom is 0.171 e. The Labute approximate surface area is 90.4 Å². The smallest absolute Gasteiger partial charge is 0.171 e. The minimum Gasteiger partial charge on any atom is -0.452 e. The van der Waals surface area contributed by atoms with Gasteiger partial charge in [0.05, 0.1) is 5.69 Å². The zero-order valence-corrected chi connectivity index (χ0v) is 9.66. The largest absolute Gasteiger partial charge is 0.452 e. The van der Waals surface area contributed by atoms with Crippen molar-refractivity contribution >= 4 is 33.4 Å². The van der Waals surface area contributed by atoms with Crippen molar-refractivity contribution in [1.82, 2.24) is 0 Å². The van der Waals surface area contributed by atoms with Gasteiger partial charge in [0.25, 0.3) is 0 Å². The fourth-order valence-corrected chi connectivity index (χ4v) is 3.19. The lowest BCUT2D eigenvalue weighted by atomic mass is 9.99. The molecule has 1 aromatic rings. The van der Waals surface area contributed by atoms with Crippen LogP contribution in [0.15, 0.2) is 15.2 Å². The van der Waals surface area contributed by atoms with Crippen molar-refractivity contribution in [3.05, 3.63) is 16.5 Å². The number of hydrogen-bond acceptors (Lipinski definition) is 3. The number of furan rings is 1. The van der Waals surface area contributed by atoms with Crippen molar-refractivity contribution in [3.8, 4) is 0 Å². The van der Waals surface area contributed by atoms with E-state index in [1.165, 1.54) is 24.3 Å². The first-order chi connectivity index (χ1) is 6.27. The van der Waals surface area contributed by atoms with Crippen LogP contribution < -0.4 is 5.73 Å². The SMILES string of the molecule is Nc1cc(Br)oc1C1CCSCC1. The molecule has 0 aliphatic carbocycles. The van der Waals surface area contributed by atoms with Crippen LogP contribution in [-0.2, 0) is 0 Å². The summed E-state index contributed by atoms with van der Waals surface area (Å²) in [5.41, 5.74) is 6.64. The molecule has 1 aliphatic rings. The molecule has 0 atom stereocenters. The Morgan fingerprint density at radius 3 is 2.69 bits per heavy atom. The van der Waals surface area contributed by atoms with Crippen LogP contribution in [0, 0.1) is 0 Å². The quantitative estimate of drug-likeness (QED) is 0.844. The maximum atomic E-state index is 5.84. The molecule has 0 aromatic carbocycles. The highest BCUT2D eigenvalue weighted by molar-refractivity contribution is 9.10. The molecule has 0 spiro atoms. The number of anilines is 1. The predicted molar refractivity (Wildman–Crippen MR) is 60.1 cm³/mol. The highest BCUT2D eigenvalue weighted by atomic mass is 79.9. The molecule has 2 heterocycles. The number of nitrogens with two attached hydrogens (primary N) is 1. The van der Waals surface area contributed by atoms with Crippen LogP contribution >= 0.6 is 27.7 Å². The number of hydrogen-bond donors (Lipinski definition) is 1. The first-order valence-electron chi connectivity index (χ1n) is 4.40. The van der Waals surface area contributed by atoms with Gasteiger partial charge in [-0.3, -0.25) is 0 Å². The van der Waals surface area contributed by atoms with Crippen LogP contribution in [0.5, 0.6) is 0 Å². The van der Waals surface area contributed by atoms with Gasteiger partial charge >= 0.3 is 0 Å². The fraction of sp³-hybridized carbons (Fsp3) is 0.556. The molecule has 4 heteroatoms. The van der Waals surface area contributed by atoms with Crippen molar-refractivity contribution in [3.63, 3.8) is 0 Å². The third-order valence-corrected chi connectivity index (χ3v) is 3.79. The predicted octanol–water partition coefficient (Wildman–Crippen LogP) is 3.23. The molecular weight excluding hydrogens is 250 g/mol. The van der Waals surface area contributed by atoms with E-state index in [4.69, 9.17) is 10.2 Å². The lowest BCUT2D eigenvalue weighted by molar-refractivity contribution is 0.434. The van der Waals surface area contributed by atoms with Gasteiger partial charge < -0.3 is 10.2 Å². The third kappa shape index (κ3) is 2.05. The number of thioether (sulfide) groups is 1. The van der Waals surface area contributed by atoms with Gasteiger partial charge in [-0.05, 0) is 40.3 Å². The maximum absolute atomic E-state index is 5.84. The summed E-state index contributed by atoms with van der Waals surface area (Å²) in [6.07, 6.45) is 2.38. The van der Waals surface area contributed by atoms with E-state index in [1.807, 2.05) is 17.8 Å². The Hall–Kier alpha value is -0.0900. The second-order valence-electron chi connectivity index (χ2n) is 3.26. The van der Waals surface area contributed by atoms with Gasteiger partial charge in [0.2, 0.25) is 0 Å². The second-order valence-corrected chi connectivity index (χ2v) is 5.26. The van der Waals surface area contributed by atoms with E-state index in [9.17, 15) is 0 Å². The second kappa shape index (κ2) is 3.96. The Balaban J connectivity index is 2.18. The standard InChI is InChI=1S/C9H12BrNOS/c10-8-5-7(11)9(12-8)6-1-3-13-4-2-6/h5-6H,1-4,11H2. The molecule has 1 saturated heterocycles. The van der Waals surface area contributed by atoms with Crippen LogP contribution in [0.25, 0.3) is 0 Å². The van der Waals surface area contributed by atoms with E-state index in [0.717, 1.165) is 16.1 Å². The van der Waals surface area contributed by atoms with Crippen molar-refractivity contribution in [1.29, 1.82) is 0 Å². The van der Waals surface area contributed by atoms with Gasteiger partial charge in [-0.25, -0.2) is 0 Å². The van der Waals surface area contributed by atoms with Crippen LogP contribution in [0.4, 0.5) is 5.69 Å². The average molecular weight is 262 g/mol. The molecule has 0 saturated carbocycles. The molecule has 1 aliphatic heterocycles. The molecule has 1 aromatic heterocycles. The van der Waals surface area contributed by atoms with E-state index in [-0.39, 0.29) is 0 Å². The van der Waals surface area contributed by atoms with Crippen molar-refractivity contribution < 1.29 is 4.42 Å². The van der Waals surface area contributed by atoms with Crippen molar-refractivity contribution in [2.24, 2.45) is 0 Å². The van der Waals surface area contributed by atoms with Gasteiger partial charge in [0, 0.05) is 12.0 Å². The molecule has 0 bridgehead atoms. The zero-order chi connectivity index (χ0) is 9.26. The van der Waals surface area contributed by atoms with Crippen LogP contribution in [-0.4, -0.2) is 11.5 Å². The number of rotatable bonds is 1. The highest BCUT2D eigenvalue weighted by Gasteiger charge is 2.21. The molecule has 2 nitrogen and oxygen atoms in total. The van der Waals surface area contributed by atoms with Crippen LogP contribution in [0.2, 0.25) is 0 Å². The van der Waals surface area contributed by atoms with Gasteiger partial charge in [-0.1, -0.05) is 0 Å². The first-order valence-corrected chi connectivity index (χ1v) is 6.34. The summed E-state index contributed by atoms with van der Waals surface area (Å²) >= 11 is 5.31. The monoisotopic (exact) mass is 261 g/mol. The van der Waals surface area contributed by atoms with Gasteiger partial charge in [0.15, 0.2) is 4.67 Å². The Morgan fingerprint density at radius 1 is 1.46 bits per heavy atom. The highest BCUT2D eigenvalue weighted by Crippen LogP contribution is 2.37. The topological polar surface area (TPSA) is 39.2 Å². The lowest BCUT2D eigenvalue weighted by Crippen LogP contribution is -2.08. The molecule has 2 rings (SSSR count). The molecule has 72 valence electrons. The van der Waals surface area contributed by atoms with Crippen LogP contribution in [0.1, 0.15) is 24.5 Å². The minimum atomic E-state index is 0.535. The van der Waals surface area contributed by atoms with Gasteiger partial charge in [-0.15, -0.1) is 0 Å². The van der Waals surface area contributed by atoms with Gasteiger partial charge in [-0.2, -0.15) is 11.8 Å². The molecule has 1 fully saturated rings. The summed E-state index contributed by atoms with van der Waals surface area (Å²) in [5, 5.41) is 0. The molecule has 13 heavy (non-hydrogen) atoms.